The molecule has 1 aromatic heterocycles. The Morgan fingerprint density at radius 3 is 2.62 bits per heavy atom. The number of esters is 1. The normalized spacial score (nSPS) is 11.9. The van der Waals surface area contributed by atoms with Crippen LogP contribution in [0.1, 0.15) is 17.4 Å². The monoisotopic (exact) mass is 353 g/mol. The highest BCUT2D eigenvalue weighted by Crippen LogP contribution is 2.28. The van der Waals surface area contributed by atoms with Gasteiger partial charge in [-0.15, -0.1) is 0 Å². The summed E-state index contributed by atoms with van der Waals surface area (Å²) < 4.78 is 5.54. The predicted molar refractivity (Wildman–Crippen MR) is 78.6 cm³/mol. The van der Waals surface area contributed by atoms with Crippen LogP contribution >= 0.6 is 15.9 Å². The zero-order chi connectivity index (χ0) is 15.6. The zero-order valence-electron chi connectivity index (χ0n) is 11.0. The van der Waals surface area contributed by atoms with Crippen molar-refractivity contribution in [3.05, 3.63) is 34.4 Å². The summed E-state index contributed by atoms with van der Waals surface area (Å²) in [6.45, 7) is 1.34. The lowest BCUT2D eigenvalue weighted by Gasteiger charge is -2.11. The molecule has 0 aliphatic carbocycles. The highest BCUT2D eigenvalue weighted by atomic mass is 79.9. The topological polar surface area (TPSA) is 114 Å². The van der Waals surface area contributed by atoms with Gasteiger partial charge in [0.2, 0.25) is 0 Å². The number of ether oxygens (including phenoxy) is 1. The van der Waals surface area contributed by atoms with Gasteiger partial charge in [0.15, 0.2) is 6.10 Å². The van der Waals surface area contributed by atoms with Crippen molar-refractivity contribution in [1.29, 1.82) is 0 Å². The van der Waals surface area contributed by atoms with Crippen molar-refractivity contribution >= 4 is 44.7 Å². The number of rotatable bonds is 3. The summed E-state index contributed by atoms with van der Waals surface area (Å²) in [5.74, 6) is -1.51. The molecule has 110 valence electrons. The number of carbonyl (C=O) groups is 3. The Bertz CT molecular complexity index is 725. The molecule has 0 aliphatic rings. The van der Waals surface area contributed by atoms with E-state index in [9.17, 15) is 14.4 Å². The molecule has 1 aromatic carbocycles. The van der Waals surface area contributed by atoms with Crippen LogP contribution in [0, 0.1) is 0 Å². The number of fused-ring (bicyclic) bond motifs is 1. The van der Waals surface area contributed by atoms with Gasteiger partial charge < -0.3 is 15.5 Å². The minimum Gasteiger partial charge on any atom is -0.448 e. The molecule has 8 heteroatoms. The van der Waals surface area contributed by atoms with Crippen LogP contribution in [0.25, 0.3) is 10.9 Å². The van der Waals surface area contributed by atoms with E-state index in [1.807, 2.05) is 23.5 Å². The molecule has 0 radical (unpaired) electrons. The average Bonchev–Trinajstić information content (AvgIpc) is 2.76. The summed E-state index contributed by atoms with van der Waals surface area (Å²) in [4.78, 5) is 37.0. The van der Waals surface area contributed by atoms with Gasteiger partial charge in [-0.2, -0.15) is 0 Å². The highest BCUT2D eigenvalue weighted by Gasteiger charge is 2.23. The van der Waals surface area contributed by atoms with Crippen molar-refractivity contribution < 1.29 is 19.1 Å². The number of halogens is 1. The number of urea groups is 1. The van der Waals surface area contributed by atoms with E-state index in [1.165, 1.54) is 6.92 Å². The molecule has 2 aromatic rings. The van der Waals surface area contributed by atoms with E-state index >= 15 is 0 Å². The molecule has 1 heterocycles. The van der Waals surface area contributed by atoms with E-state index in [0.717, 1.165) is 10.9 Å². The largest absolute Gasteiger partial charge is 0.448 e. The number of nitrogens with one attached hydrogen (secondary N) is 2. The maximum absolute atomic E-state index is 12.1. The van der Waals surface area contributed by atoms with E-state index < -0.39 is 24.0 Å². The maximum Gasteiger partial charge on any atom is 0.356 e. The molecular formula is C13H12BrN3O4. The van der Waals surface area contributed by atoms with Crippen LogP contribution < -0.4 is 11.1 Å². The van der Waals surface area contributed by atoms with Crippen molar-refractivity contribution in [2.45, 2.75) is 13.0 Å². The molecule has 1 unspecified atom stereocenters. The summed E-state index contributed by atoms with van der Waals surface area (Å²) in [6.07, 6.45) is -1.15. The molecule has 21 heavy (non-hydrogen) atoms. The van der Waals surface area contributed by atoms with Crippen LogP contribution in [0.4, 0.5) is 4.79 Å². The molecule has 4 N–H and O–H groups in total. The van der Waals surface area contributed by atoms with Crippen LogP contribution in [0.5, 0.6) is 0 Å². The van der Waals surface area contributed by atoms with Gasteiger partial charge in [-0.1, -0.05) is 18.2 Å². The zero-order valence-corrected chi connectivity index (χ0v) is 12.6. The SMILES string of the molecule is CC(OC(=O)c1[nH]c2ccccc2c1Br)C(=O)NC(N)=O. The van der Waals surface area contributed by atoms with E-state index in [4.69, 9.17) is 10.5 Å². The number of aromatic amines is 1. The minimum atomic E-state index is -1.15. The summed E-state index contributed by atoms with van der Waals surface area (Å²) in [5, 5.41) is 2.66. The Hall–Kier alpha value is -2.35. The molecule has 2 rings (SSSR count). The summed E-state index contributed by atoms with van der Waals surface area (Å²) in [7, 11) is 0. The second kappa shape index (κ2) is 5.96. The number of primary amides is 1. The number of H-pyrrole nitrogens is 1. The first-order valence-corrected chi connectivity index (χ1v) is 6.77. The average molecular weight is 354 g/mol. The fourth-order valence-electron chi connectivity index (χ4n) is 1.74. The second-order valence-corrected chi connectivity index (χ2v) is 5.05. The van der Waals surface area contributed by atoms with Crippen molar-refractivity contribution in [2.24, 2.45) is 5.73 Å². The third kappa shape index (κ3) is 3.22. The van der Waals surface area contributed by atoms with Gasteiger partial charge in [0.1, 0.15) is 5.69 Å². The molecule has 0 saturated carbocycles. The molecule has 3 amide bonds. The van der Waals surface area contributed by atoms with Gasteiger partial charge in [0, 0.05) is 10.9 Å². The molecule has 0 aliphatic heterocycles. The number of hydrogen-bond donors (Lipinski definition) is 3. The summed E-state index contributed by atoms with van der Waals surface area (Å²) in [6, 6.07) is 6.29. The number of imide groups is 1. The Kier molecular flexibility index (Phi) is 4.27. The van der Waals surface area contributed by atoms with Gasteiger partial charge in [-0.05, 0) is 28.9 Å². The lowest BCUT2D eigenvalue weighted by Crippen LogP contribution is -2.42. The van der Waals surface area contributed by atoms with Crippen molar-refractivity contribution in [2.75, 3.05) is 0 Å². The number of amides is 3. The third-order valence-corrected chi connectivity index (χ3v) is 3.57. The van der Waals surface area contributed by atoms with Gasteiger partial charge in [0.05, 0.1) is 4.47 Å². The Morgan fingerprint density at radius 2 is 2.00 bits per heavy atom. The fourth-order valence-corrected chi connectivity index (χ4v) is 2.35. The number of aromatic nitrogens is 1. The lowest BCUT2D eigenvalue weighted by molar-refractivity contribution is -0.127. The molecule has 7 nitrogen and oxygen atoms in total. The molecule has 1 atom stereocenters. The molecule has 0 bridgehead atoms. The van der Waals surface area contributed by atoms with Crippen LogP contribution in [0.3, 0.4) is 0 Å². The van der Waals surface area contributed by atoms with Crippen molar-refractivity contribution in [1.82, 2.24) is 10.3 Å². The minimum absolute atomic E-state index is 0.190. The highest BCUT2D eigenvalue weighted by molar-refractivity contribution is 9.10. The van der Waals surface area contributed by atoms with E-state index in [1.54, 1.807) is 6.07 Å². The van der Waals surface area contributed by atoms with Crippen LogP contribution in [0.15, 0.2) is 28.7 Å². The smallest absolute Gasteiger partial charge is 0.356 e. The van der Waals surface area contributed by atoms with Crippen LogP contribution in [-0.4, -0.2) is 29.0 Å². The van der Waals surface area contributed by atoms with E-state index in [-0.39, 0.29) is 5.69 Å². The van der Waals surface area contributed by atoms with E-state index in [0.29, 0.717) is 4.47 Å². The van der Waals surface area contributed by atoms with Crippen molar-refractivity contribution in [3.8, 4) is 0 Å². The standard InChI is InChI=1S/C13H12BrN3O4/c1-6(11(18)17-13(15)20)21-12(19)10-9(14)7-4-2-3-5-8(7)16-10/h2-6,16H,1H3,(H3,15,17,18,20). The summed E-state index contributed by atoms with van der Waals surface area (Å²) in [5.41, 5.74) is 5.77. The molecular weight excluding hydrogens is 342 g/mol. The van der Waals surface area contributed by atoms with Crippen LogP contribution in [-0.2, 0) is 9.53 Å². The van der Waals surface area contributed by atoms with Crippen LogP contribution in [0.2, 0.25) is 0 Å². The number of nitrogens with two attached hydrogens (primary N) is 1. The van der Waals surface area contributed by atoms with Gasteiger partial charge in [0.25, 0.3) is 5.91 Å². The molecule has 0 spiro atoms. The Balaban J connectivity index is 2.17. The maximum atomic E-state index is 12.1. The molecule has 0 saturated heterocycles. The summed E-state index contributed by atoms with van der Waals surface area (Å²) >= 11 is 3.31. The van der Waals surface area contributed by atoms with Crippen molar-refractivity contribution in [3.63, 3.8) is 0 Å². The number of benzene rings is 1. The first-order chi connectivity index (χ1) is 9.90. The van der Waals surface area contributed by atoms with Gasteiger partial charge in [-0.25, -0.2) is 9.59 Å². The number of para-hydroxylation sites is 1. The fraction of sp³-hybridized carbons (Fsp3) is 0.154. The van der Waals surface area contributed by atoms with Gasteiger partial charge >= 0.3 is 12.0 Å². The third-order valence-electron chi connectivity index (χ3n) is 2.75. The quantitative estimate of drug-likeness (QED) is 0.728. The van der Waals surface area contributed by atoms with Gasteiger partial charge in [-0.3, -0.25) is 10.1 Å². The number of carbonyl (C=O) groups excluding carboxylic acids is 3. The van der Waals surface area contributed by atoms with E-state index in [2.05, 4.69) is 20.9 Å². The Labute approximate surface area is 128 Å². The number of hydrogen-bond acceptors (Lipinski definition) is 4. The first kappa shape index (κ1) is 15.0. The lowest BCUT2D eigenvalue weighted by atomic mass is 10.2. The molecule has 0 fully saturated rings. The second-order valence-electron chi connectivity index (χ2n) is 4.26. The first-order valence-electron chi connectivity index (χ1n) is 5.97. The Morgan fingerprint density at radius 1 is 1.33 bits per heavy atom. The predicted octanol–water partition coefficient (Wildman–Crippen LogP) is 1.67.